The van der Waals surface area contributed by atoms with Gasteiger partial charge in [0.05, 0.1) is 16.6 Å². The first-order valence-electron chi connectivity index (χ1n) is 8.21. The van der Waals surface area contributed by atoms with Crippen molar-refractivity contribution in [1.82, 2.24) is 29.9 Å². The Kier molecular flexibility index (Phi) is 4.50. The third-order valence-corrected chi connectivity index (χ3v) is 3.89. The number of nitrogen functional groups attached to an aromatic ring is 1. The fraction of sp³-hybridized carbons (Fsp3) is 0.222. The summed E-state index contributed by atoms with van der Waals surface area (Å²) in [6, 6.07) is 0. The zero-order valence-electron chi connectivity index (χ0n) is 15.2. The zero-order chi connectivity index (χ0) is 18.9. The summed E-state index contributed by atoms with van der Waals surface area (Å²) in [5.74, 6) is 0.392. The summed E-state index contributed by atoms with van der Waals surface area (Å²) >= 11 is 0. The first-order chi connectivity index (χ1) is 12.4. The molecule has 8 heteroatoms. The molecule has 0 aliphatic rings. The van der Waals surface area contributed by atoms with E-state index in [9.17, 15) is 0 Å². The number of aromatic nitrogens is 6. The summed E-state index contributed by atoms with van der Waals surface area (Å²) in [4.78, 5) is 8.51. The Balaban J connectivity index is 2.16. The first kappa shape index (κ1) is 17.7. The average molecular weight is 346 g/mol. The molecule has 3 N–H and O–H groups in total. The molecule has 0 saturated carbocycles. The Bertz CT molecular complexity index is 1000. The van der Waals surface area contributed by atoms with Crippen molar-refractivity contribution in [2.24, 2.45) is 0 Å². The van der Waals surface area contributed by atoms with Crippen molar-refractivity contribution < 1.29 is 0 Å². The fourth-order valence-corrected chi connectivity index (χ4v) is 2.69. The lowest BCUT2D eigenvalue weighted by Gasteiger charge is -2.19. The Hall–Kier alpha value is -3.16. The predicted molar refractivity (Wildman–Crippen MR) is 108 cm³/mol. The van der Waals surface area contributed by atoms with E-state index in [1.807, 2.05) is 24.1 Å². The number of nitrogens with zero attached hydrogens (tertiary/aromatic N) is 5. The van der Waals surface area contributed by atoms with Gasteiger partial charge < -0.3 is 5.73 Å². The molecule has 0 aliphatic heterocycles. The monoisotopic (exact) mass is 346 g/mol. The van der Waals surface area contributed by atoms with Crippen LogP contribution < -0.4 is 16.9 Å². The summed E-state index contributed by atoms with van der Waals surface area (Å²) in [7, 11) is 1.90. The maximum Gasteiger partial charge on any atom is 0.246 e. The van der Waals surface area contributed by atoms with Crippen LogP contribution in [-0.4, -0.2) is 37.2 Å². The Labute approximate surface area is 153 Å². The second-order valence-electron chi connectivity index (χ2n) is 6.80. The maximum atomic E-state index is 6.12. The van der Waals surface area contributed by atoms with Crippen molar-refractivity contribution >= 4 is 47.5 Å². The van der Waals surface area contributed by atoms with Crippen LogP contribution in [0.25, 0.3) is 23.2 Å². The molecular weight excluding hydrogens is 325 g/mol. The van der Waals surface area contributed by atoms with E-state index in [0.717, 1.165) is 22.2 Å². The molecule has 0 aliphatic carbocycles. The molecule has 3 aromatic heterocycles. The van der Waals surface area contributed by atoms with Gasteiger partial charge in [-0.1, -0.05) is 31.4 Å². The largest absolute Gasteiger partial charge is 0.383 e. The van der Waals surface area contributed by atoms with E-state index < -0.39 is 0 Å². The van der Waals surface area contributed by atoms with Gasteiger partial charge in [-0.15, -0.1) is 0 Å². The van der Waals surface area contributed by atoms with E-state index in [1.54, 1.807) is 12.2 Å². The van der Waals surface area contributed by atoms with E-state index >= 15 is 0 Å². The van der Waals surface area contributed by atoms with Crippen LogP contribution in [0.4, 0.5) is 5.82 Å². The van der Waals surface area contributed by atoms with Crippen LogP contribution in [0, 0.1) is 0 Å². The molecule has 0 atom stereocenters. The van der Waals surface area contributed by atoms with Gasteiger partial charge in [-0.3, -0.25) is 5.10 Å². The lowest BCUT2D eigenvalue weighted by atomic mass is 9.68. The van der Waals surface area contributed by atoms with Crippen molar-refractivity contribution in [2.45, 2.75) is 26.3 Å². The smallest absolute Gasteiger partial charge is 0.246 e. The SMILES string of the molecule is C=C/C=C\c1c(C=C)n[nH]c1[B]c1nn(C(C)(C)C)c2ncnc(N)c12. The van der Waals surface area contributed by atoms with Gasteiger partial charge in [-0.05, 0) is 26.8 Å². The number of aromatic amines is 1. The standard InChI is InChI=1S/C18H21BN7/c1-6-8-9-11-12(7-2)23-24-14(11)19-15-13-16(20)21-10-22-17(13)26(25-15)18(3,4)5/h6-10H,1-2H2,3-5H3,(H,23,24)(H2,20,21,22)/b9-8-. The van der Waals surface area contributed by atoms with E-state index in [0.29, 0.717) is 17.1 Å². The van der Waals surface area contributed by atoms with Crippen LogP contribution in [0.3, 0.4) is 0 Å². The molecule has 3 rings (SSSR count). The van der Waals surface area contributed by atoms with Crippen molar-refractivity contribution in [1.29, 1.82) is 0 Å². The normalized spacial score (nSPS) is 12.0. The molecule has 0 spiro atoms. The zero-order valence-corrected chi connectivity index (χ0v) is 15.2. The molecule has 26 heavy (non-hydrogen) atoms. The molecule has 1 radical (unpaired) electrons. The molecule has 0 amide bonds. The summed E-state index contributed by atoms with van der Waals surface area (Å²) in [6.07, 6.45) is 8.62. The van der Waals surface area contributed by atoms with Crippen LogP contribution >= 0.6 is 0 Å². The number of H-pyrrole nitrogens is 1. The van der Waals surface area contributed by atoms with Gasteiger partial charge in [0.25, 0.3) is 0 Å². The molecule has 0 unspecified atom stereocenters. The third kappa shape index (κ3) is 3.05. The van der Waals surface area contributed by atoms with Gasteiger partial charge in [0, 0.05) is 16.8 Å². The van der Waals surface area contributed by atoms with Crippen LogP contribution in [0.2, 0.25) is 0 Å². The van der Waals surface area contributed by atoms with Crippen LogP contribution in [0.5, 0.6) is 0 Å². The summed E-state index contributed by atoms with van der Waals surface area (Å²) in [6.45, 7) is 13.7. The Morgan fingerprint density at radius 2 is 2.04 bits per heavy atom. The topological polar surface area (TPSA) is 98.3 Å². The molecular formula is C18H21BN7. The van der Waals surface area contributed by atoms with E-state index in [2.05, 4.69) is 54.1 Å². The average Bonchev–Trinajstić information content (AvgIpc) is 3.15. The molecule has 0 saturated heterocycles. The van der Waals surface area contributed by atoms with Gasteiger partial charge in [-0.25, -0.2) is 14.6 Å². The number of rotatable bonds is 5. The molecule has 0 bridgehead atoms. The summed E-state index contributed by atoms with van der Waals surface area (Å²) in [5, 5.41) is 12.8. The van der Waals surface area contributed by atoms with Crippen LogP contribution in [0.1, 0.15) is 32.0 Å². The number of fused-ring (bicyclic) bond motifs is 1. The minimum Gasteiger partial charge on any atom is -0.383 e. The Morgan fingerprint density at radius 1 is 1.27 bits per heavy atom. The third-order valence-electron chi connectivity index (χ3n) is 3.89. The van der Waals surface area contributed by atoms with E-state index in [1.165, 1.54) is 6.33 Å². The highest BCUT2D eigenvalue weighted by molar-refractivity contribution is 6.69. The lowest BCUT2D eigenvalue weighted by molar-refractivity contribution is 0.367. The molecule has 7 nitrogen and oxygen atoms in total. The van der Waals surface area contributed by atoms with Crippen LogP contribution in [0.15, 0.2) is 31.6 Å². The Morgan fingerprint density at radius 3 is 2.69 bits per heavy atom. The minimum absolute atomic E-state index is 0.253. The molecule has 3 heterocycles. The van der Waals surface area contributed by atoms with Crippen LogP contribution in [-0.2, 0) is 5.54 Å². The molecule has 131 valence electrons. The summed E-state index contributed by atoms with van der Waals surface area (Å²) in [5.41, 5.74) is 9.69. The number of hydrogen-bond acceptors (Lipinski definition) is 5. The van der Waals surface area contributed by atoms with Gasteiger partial charge in [0.15, 0.2) is 5.65 Å². The highest BCUT2D eigenvalue weighted by Crippen LogP contribution is 2.21. The fourth-order valence-electron chi connectivity index (χ4n) is 2.69. The second kappa shape index (κ2) is 6.63. The van der Waals surface area contributed by atoms with Crippen molar-refractivity contribution in [2.75, 3.05) is 5.73 Å². The molecule has 0 fully saturated rings. The second-order valence-corrected chi connectivity index (χ2v) is 6.80. The lowest BCUT2D eigenvalue weighted by Crippen LogP contribution is -2.33. The number of allylic oxidation sites excluding steroid dienone is 2. The van der Waals surface area contributed by atoms with Gasteiger partial charge in [0.2, 0.25) is 7.28 Å². The summed E-state index contributed by atoms with van der Waals surface area (Å²) < 4.78 is 1.86. The first-order valence-corrected chi connectivity index (χ1v) is 8.21. The van der Waals surface area contributed by atoms with Crippen molar-refractivity contribution in [3.05, 3.63) is 42.9 Å². The molecule has 3 aromatic rings. The van der Waals surface area contributed by atoms with E-state index in [-0.39, 0.29) is 5.54 Å². The minimum atomic E-state index is -0.253. The quantitative estimate of drug-likeness (QED) is 0.537. The number of hydrogen-bond donors (Lipinski definition) is 2. The van der Waals surface area contributed by atoms with E-state index in [4.69, 9.17) is 10.8 Å². The number of nitrogens with two attached hydrogens (primary N) is 1. The van der Waals surface area contributed by atoms with Gasteiger partial charge >= 0.3 is 0 Å². The van der Waals surface area contributed by atoms with Crippen molar-refractivity contribution in [3.63, 3.8) is 0 Å². The van der Waals surface area contributed by atoms with Gasteiger partial charge in [0.1, 0.15) is 12.1 Å². The highest BCUT2D eigenvalue weighted by atomic mass is 15.3. The van der Waals surface area contributed by atoms with Crippen molar-refractivity contribution in [3.8, 4) is 0 Å². The number of nitrogens with one attached hydrogen (secondary N) is 1. The highest BCUT2D eigenvalue weighted by Gasteiger charge is 2.24. The number of anilines is 1. The van der Waals surface area contributed by atoms with Gasteiger partial charge in [-0.2, -0.15) is 10.2 Å². The predicted octanol–water partition coefficient (Wildman–Crippen LogP) is 1.38. The maximum absolute atomic E-state index is 6.12. The molecule has 0 aromatic carbocycles.